The van der Waals surface area contributed by atoms with Gasteiger partial charge in [0.1, 0.15) is 11.9 Å². The number of nitrogens with zero attached hydrogens (tertiary/aromatic N) is 3. The minimum absolute atomic E-state index is 0.0922. The lowest BCUT2D eigenvalue weighted by molar-refractivity contribution is -0.139. The number of aryl methyl sites for hydroxylation is 1. The highest BCUT2D eigenvalue weighted by atomic mass is 35.5. The van der Waals surface area contributed by atoms with Crippen LogP contribution in [0.2, 0.25) is 5.15 Å². The number of amides is 2. The number of Topliss-reactive ketones (excluding diaryl/α,β-unsaturated/α-hetero) is 1. The summed E-state index contributed by atoms with van der Waals surface area (Å²) in [5.41, 5.74) is 1.96. The van der Waals surface area contributed by atoms with Crippen LogP contribution < -0.4 is 10.6 Å². The van der Waals surface area contributed by atoms with Gasteiger partial charge in [-0.25, -0.2) is 14.6 Å². The maximum atomic E-state index is 13.1. The Morgan fingerprint density at radius 1 is 1.11 bits per heavy atom. The van der Waals surface area contributed by atoms with E-state index in [1.54, 1.807) is 6.92 Å². The number of urea groups is 1. The highest BCUT2D eigenvalue weighted by Gasteiger charge is 2.37. The molecule has 2 aliphatic rings. The fourth-order valence-electron chi connectivity index (χ4n) is 4.72. The number of benzene rings is 1. The number of hydrogen-bond acceptors (Lipinski definition) is 7. The van der Waals surface area contributed by atoms with Crippen LogP contribution in [0, 0.1) is 0 Å². The fraction of sp³-hybridized carbons (Fsp3) is 0.481. The van der Waals surface area contributed by atoms with Gasteiger partial charge in [-0.05, 0) is 13.3 Å². The first-order valence-corrected chi connectivity index (χ1v) is 13.5. The molecule has 0 radical (unpaired) electrons. The zero-order valence-electron chi connectivity index (χ0n) is 21.9. The molecule has 0 spiro atoms. The van der Waals surface area contributed by atoms with E-state index in [-0.39, 0.29) is 17.5 Å². The van der Waals surface area contributed by atoms with Crippen LogP contribution >= 0.6 is 11.6 Å². The topological polar surface area (TPSA) is 120 Å². The van der Waals surface area contributed by atoms with Crippen LogP contribution in [0.25, 0.3) is 0 Å². The highest BCUT2D eigenvalue weighted by molar-refractivity contribution is 6.30. The van der Waals surface area contributed by atoms with Gasteiger partial charge in [0.05, 0.1) is 24.4 Å². The van der Waals surface area contributed by atoms with Gasteiger partial charge < -0.3 is 20.4 Å². The summed E-state index contributed by atoms with van der Waals surface area (Å²) in [4.78, 5) is 50.3. The Hall–Kier alpha value is -3.21. The summed E-state index contributed by atoms with van der Waals surface area (Å²) in [5, 5.41) is 5.86. The van der Waals surface area contributed by atoms with Crippen LogP contribution in [-0.4, -0.2) is 83.4 Å². The molecule has 2 amide bonds. The van der Waals surface area contributed by atoms with E-state index in [1.165, 1.54) is 0 Å². The predicted molar refractivity (Wildman–Crippen MR) is 144 cm³/mol. The summed E-state index contributed by atoms with van der Waals surface area (Å²) in [6.07, 6.45) is 2.66. The normalized spacial score (nSPS) is 18.7. The Labute approximate surface area is 227 Å². The van der Waals surface area contributed by atoms with Gasteiger partial charge in [-0.3, -0.25) is 14.6 Å². The molecule has 1 aromatic carbocycles. The Morgan fingerprint density at radius 3 is 2.50 bits per heavy atom. The lowest BCUT2D eigenvalue weighted by Crippen LogP contribution is -2.52. The van der Waals surface area contributed by atoms with E-state index in [0.717, 1.165) is 19.3 Å². The van der Waals surface area contributed by atoms with Crippen LogP contribution in [0.15, 0.2) is 41.6 Å². The molecule has 1 unspecified atom stereocenters. The monoisotopic (exact) mass is 542 g/mol. The molecule has 2 aliphatic heterocycles. The van der Waals surface area contributed by atoms with Gasteiger partial charge in [-0.15, -0.1) is 0 Å². The molecule has 1 atom stereocenters. The van der Waals surface area contributed by atoms with Crippen molar-refractivity contribution < 1.29 is 19.1 Å². The molecular weight excluding hydrogens is 508 g/mol. The van der Waals surface area contributed by atoms with E-state index in [0.29, 0.717) is 67.6 Å². The van der Waals surface area contributed by atoms with Gasteiger partial charge in [0.2, 0.25) is 0 Å². The number of esters is 1. The fourth-order valence-corrected chi connectivity index (χ4v) is 4.98. The Kier molecular flexibility index (Phi) is 9.54. The molecule has 1 aromatic heterocycles. The molecule has 38 heavy (non-hydrogen) atoms. The SMILES string of the molecule is CCCCc1nc(Cl)c(C2NC(=O)NC(CN3CCN(CC(=O)c4ccccc4)CC3)=C2C(=O)OCC)[nH]1. The highest BCUT2D eigenvalue weighted by Crippen LogP contribution is 2.31. The third kappa shape index (κ3) is 6.80. The minimum Gasteiger partial charge on any atom is -0.463 e. The van der Waals surface area contributed by atoms with E-state index in [9.17, 15) is 14.4 Å². The van der Waals surface area contributed by atoms with Gasteiger partial charge in [0.15, 0.2) is 10.9 Å². The summed E-state index contributed by atoms with van der Waals surface area (Å²) >= 11 is 6.46. The van der Waals surface area contributed by atoms with Gasteiger partial charge in [0, 0.05) is 50.4 Å². The number of aromatic amines is 1. The molecule has 4 rings (SSSR count). The third-order valence-electron chi connectivity index (χ3n) is 6.75. The maximum Gasteiger partial charge on any atom is 0.338 e. The number of piperazine rings is 1. The quantitative estimate of drug-likeness (QED) is 0.295. The summed E-state index contributed by atoms with van der Waals surface area (Å²) in [5.74, 6) is 0.285. The van der Waals surface area contributed by atoms with Gasteiger partial charge in [-0.2, -0.15) is 0 Å². The summed E-state index contributed by atoms with van der Waals surface area (Å²) in [6, 6.07) is 8.05. The molecule has 0 saturated carbocycles. The van der Waals surface area contributed by atoms with E-state index >= 15 is 0 Å². The number of carbonyl (C=O) groups excluding carboxylic acids is 3. The molecule has 1 fully saturated rings. The zero-order chi connectivity index (χ0) is 27.1. The number of carbonyl (C=O) groups is 3. The lowest BCUT2D eigenvalue weighted by Gasteiger charge is -2.36. The number of hydrogen-bond donors (Lipinski definition) is 3. The number of rotatable bonds is 11. The molecule has 204 valence electrons. The number of nitrogens with one attached hydrogen (secondary N) is 3. The number of H-pyrrole nitrogens is 1. The molecule has 11 heteroatoms. The van der Waals surface area contributed by atoms with Crippen LogP contribution in [0.4, 0.5) is 4.79 Å². The van der Waals surface area contributed by atoms with E-state index in [2.05, 4.69) is 37.3 Å². The number of aromatic nitrogens is 2. The average molecular weight is 543 g/mol. The molecule has 2 aromatic rings. The Morgan fingerprint density at radius 2 is 1.82 bits per heavy atom. The molecule has 10 nitrogen and oxygen atoms in total. The number of ether oxygens (including phenoxy) is 1. The van der Waals surface area contributed by atoms with Crippen molar-refractivity contribution in [2.75, 3.05) is 45.9 Å². The predicted octanol–water partition coefficient (Wildman–Crippen LogP) is 3.08. The van der Waals surface area contributed by atoms with Crippen molar-refractivity contribution in [3.63, 3.8) is 0 Å². The molecule has 3 heterocycles. The number of imidazole rings is 1. The zero-order valence-corrected chi connectivity index (χ0v) is 22.6. The minimum atomic E-state index is -0.807. The van der Waals surface area contributed by atoms with E-state index in [1.807, 2.05) is 30.3 Å². The second kappa shape index (κ2) is 13.0. The summed E-state index contributed by atoms with van der Waals surface area (Å²) in [6.45, 7) is 7.50. The molecule has 0 aliphatic carbocycles. The lowest BCUT2D eigenvalue weighted by atomic mass is 9.99. The van der Waals surface area contributed by atoms with Crippen molar-refractivity contribution >= 4 is 29.4 Å². The van der Waals surface area contributed by atoms with Crippen molar-refractivity contribution in [2.24, 2.45) is 0 Å². The number of halogens is 1. The van der Waals surface area contributed by atoms with E-state index in [4.69, 9.17) is 16.3 Å². The van der Waals surface area contributed by atoms with Crippen LogP contribution in [-0.2, 0) is 16.0 Å². The van der Waals surface area contributed by atoms with Crippen LogP contribution in [0.1, 0.15) is 54.6 Å². The Balaban J connectivity index is 1.49. The first kappa shape index (κ1) is 27.8. The largest absolute Gasteiger partial charge is 0.463 e. The maximum absolute atomic E-state index is 13.1. The first-order valence-electron chi connectivity index (χ1n) is 13.1. The van der Waals surface area contributed by atoms with Crippen LogP contribution in [0.5, 0.6) is 0 Å². The molecule has 1 saturated heterocycles. The summed E-state index contributed by atoms with van der Waals surface area (Å²) < 4.78 is 5.37. The second-order valence-corrected chi connectivity index (χ2v) is 9.84. The third-order valence-corrected chi connectivity index (χ3v) is 7.04. The van der Waals surface area contributed by atoms with Crippen LogP contribution in [0.3, 0.4) is 0 Å². The average Bonchev–Trinajstić information content (AvgIpc) is 3.29. The van der Waals surface area contributed by atoms with Crippen molar-refractivity contribution in [3.8, 4) is 0 Å². The first-order chi connectivity index (χ1) is 18.4. The van der Waals surface area contributed by atoms with E-state index < -0.39 is 18.0 Å². The van der Waals surface area contributed by atoms with Crippen molar-refractivity contribution in [1.82, 2.24) is 30.4 Å². The molecule has 0 bridgehead atoms. The standard InChI is InChI=1S/C27H35ClN6O4/c1-3-5-11-21-30-24(25(28)31-21)23-22(26(36)38-4-2)19(29-27(37)32-23)16-33-12-14-34(15-13-33)17-20(35)18-9-7-6-8-10-18/h6-10,23H,3-5,11-17H2,1-2H3,(H,30,31)(H2,29,32,37). The van der Waals surface area contributed by atoms with Crippen molar-refractivity contribution in [1.29, 1.82) is 0 Å². The van der Waals surface area contributed by atoms with Crippen molar-refractivity contribution in [3.05, 3.63) is 63.8 Å². The number of ketones is 1. The van der Waals surface area contributed by atoms with Gasteiger partial charge in [-0.1, -0.05) is 55.3 Å². The summed E-state index contributed by atoms with van der Waals surface area (Å²) in [7, 11) is 0. The smallest absolute Gasteiger partial charge is 0.338 e. The molecular formula is C27H35ClN6O4. The second-order valence-electron chi connectivity index (χ2n) is 9.48. The Bertz CT molecular complexity index is 1170. The molecule has 3 N–H and O–H groups in total. The number of unbranched alkanes of at least 4 members (excludes halogenated alkanes) is 1. The van der Waals surface area contributed by atoms with Crippen molar-refractivity contribution in [2.45, 2.75) is 39.2 Å². The van der Waals surface area contributed by atoms with Gasteiger partial charge in [0.25, 0.3) is 0 Å². The van der Waals surface area contributed by atoms with Gasteiger partial charge >= 0.3 is 12.0 Å².